The number of imidazole rings is 1. The molecular formula is C13H21N3O3S. The van der Waals surface area contributed by atoms with Crippen LogP contribution in [0.2, 0.25) is 0 Å². The summed E-state index contributed by atoms with van der Waals surface area (Å²) >= 11 is 1.28. The van der Waals surface area contributed by atoms with Crippen molar-refractivity contribution in [2.24, 2.45) is 0 Å². The van der Waals surface area contributed by atoms with Crippen LogP contribution >= 0.6 is 11.8 Å². The van der Waals surface area contributed by atoms with Crippen LogP contribution in [-0.2, 0) is 9.53 Å². The Morgan fingerprint density at radius 1 is 1.45 bits per heavy atom. The standard InChI is InChI=1S/C13H21N3O3S/c1-4-6-7-16(3)11(17)9-20-13-14-8-10(15-13)12(18)19-5-2/h8H,4-7,9H2,1-3H3,(H,14,15). The number of esters is 1. The predicted molar refractivity (Wildman–Crippen MR) is 77.8 cm³/mol. The molecule has 0 bridgehead atoms. The first-order valence-corrected chi connectivity index (χ1v) is 7.65. The summed E-state index contributed by atoms with van der Waals surface area (Å²) in [5.74, 6) is -0.0773. The number of aromatic nitrogens is 2. The maximum Gasteiger partial charge on any atom is 0.356 e. The number of H-pyrrole nitrogens is 1. The Hall–Kier alpha value is -1.50. The van der Waals surface area contributed by atoms with Crippen molar-refractivity contribution in [3.8, 4) is 0 Å². The van der Waals surface area contributed by atoms with E-state index in [0.29, 0.717) is 23.2 Å². The van der Waals surface area contributed by atoms with Gasteiger partial charge in [0.05, 0.1) is 18.6 Å². The van der Waals surface area contributed by atoms with E-state index in [1.54, 1.807) is 18.9 Å². The molecule has 112 valence electrons. The highest BCUT2D eigenvalue weighted by molar-refractivity contribution is 7.99. The predicted octanol–water partition coefficient (Wildman–Crippen LogP) is 1.94. The minimum absolute atomic E-state index is 0.0533. The normalized spacial score (nSPS) is 10.3. The van der Waals surface area contributed by atoms with Gasteiger partial charge in [-0.15, -0.1) is 0 Å². The van der Waals surface area contributed by atoms with E-state index in [1.807, 2.05) is 0 Å². The van der Waals surface area contributed by atoms with E-state index in [-0.39, 0.29) is 5.91 Å². The number of hydrogen-bond donors (Lipinski definition) is 1. The van der Waals surface area contributed by atoms with Gasteiger partial charge in [0.25, 0.3) is 0 Å². The van der Waals surface area contributed by atoms with Crippen LogP contribution in [0.5, 0.6) is 0 Å². The van der Waals surface area contributed by atoms with Gasteiger partial charge in [0.1, 0.15) is 5.69 Å². The third-order valence-electron chi connectivity index (χ3n) is 2.65. The van der Waals surface area contributed by atoms with Crippen molar-refractivity contribution in [2.75, 3.05) is 26.0 Å². The van der Waals surface area contributed by atoms with Crippen LogP contribution in [0.25, 0.3) is 0 Å². The van der Waals surface area contributed by atoms with Crippen molar-refractivity contribution in [1.82, 2.24) is 14.9 Å². The molecule has 1 N–H and O–H groups in total. The molecule has 1 aromatic heterocycles. The van der Waals surface area contributed by atoms with Crippen molar-refractivity contribution in [2.45, 2.75) is 31.8 Å². The third kappa shape index (κ3) is 5.24. The number of carbonyl (C=O) groups excluding carboxylic acids is 2. The Bertz CT molecular complexity index is 448. The van der Waals surface area contributed by atoms with Crippen LogP contribution in [0.4, 0.5) is 0 Å². The summed E-state index contributed by atoms with van der Waals surface area (Å²) in [5, 5.41) is 0.547. The number of nitrogens with zero attached hydrogens (tertiary/aromatic N) is 2. The summed E-state index contributed by atoms with van der Waals surface area (Å²) < 4.78 is 4.85. The fraction of sp³-hybridized carbons (Fsp3) is 0.615. The van der Waals surface area contributed by atoms with Crippen LogP contribution in [0.15, 0.2) is 11.4 Å². The Morgan fingerprint density at radius 3 is 2.85 bits per heavy atom. The Balaban J connectivity index is 2.42. The van der Waals surface area contributed by atoms with Gasteiger partial charge in [-0.3, -0.25) is 4.79 Å². The number of carbonyl (C=O) groups is 2. The van der Waals surface area contributed by atoms with E-state index in [1.165, 1.54) is 18.0 Å². The number of hydrogen-bond acceptors (Lipinski definition) is 5. The quantitative estimate of drug-likeness (QED) is 0.586. The molecule has 1 heterocycles. The average molecular weight is 299 g/mol. The molecule has 0 aliphatic rings. The number of thioether (sulfide) groups is 1. The summed E-state index contributed by atoms with van der Waals surface area (Å²) in [4.78, 5) is 31.9. The van der Waals surface area contributed by atoms with Gasteiger partial charge >= 0.3 is 5.97 Å². The summed E-state index contributed by atoms with van der Waals surface area (Å²) in [6.07, 6.45) is 3.48. The fourth-order valence-corrected chi connectivity index (χ4v) is 2.24. The van der Waals surface area contributed by atoms with Crippen molar-refractivity contribution < 1.29 is 14.3 Å². The number of rotatable bonds is 8. The minimum atomic E-state index is -0.432. The van der Waals surface area contributed by atoms with Crippen LogP contribution in [0.3, 0.4) is 0 Å². The van der Waals surface area contributed by atoms with Crippen molar-refractivity contribution in [3.05, 3.63) is 11.9 Å². The molecule has 20 heavy (non-hydrogen) atoms. The van der Waals surface area contributed by atoms with Gasteiger partial charge in [-0.25, -0.2) is 9.78 Å². The van der Waals surface area contributed by atoms with Gasteiger partial charge in [0.15, 0.2) is 5.16 Å². The number of unbranched alkanes of at least 4 members (excludes halogenated alkanes) is 1. The highest BCUT2D eigenvalue weighted by Crippen LogP contribution is 2.14. The molecule has 0 atom stereocenters. The molecule has 0 spiro atoms. The first-order valence-electron chi connectivity index (χ1n) is 6.67. The molecule has 1 amide bonds. The first-order chi connectivity index (χ1) is 9.58. The molecule has 0 aromatic carbocycles. The monoisotopic (exact) mass is 299 g/mol. The number of ether oxygens (including phenoxy) is 1. The average Bonchev–Trinajstić information content (AvgIpc) is 2.91. The second-order valence-corrected chi connectivity index (χ2v) is 5.24. The number of amides is 1. The van der Waals surface area contributed by atoms with Gasteiger partial charge in [-0.1, -0.05) is 25.1 Å². The molecule has 0 aliphatic heterocycles. The zero-order chi connectivity index (χ0) is 15.0. The molecule has 0 fully saturated rings. The Labute approximate surface area is 123 Å². The second kappa shape index (κ2) is 8.63. The molecule has 1 aromatic rings. The topological polar surface area (TPSA) is 75.3 Å². The first kappa shape index (κ1) is 16.6. The SMILES string of the molecule is CCCCN(C)C(=O)CSc1ncc(C(=O)OCC)[nH]1. The second-order valence-electron chi connectivity index (χ2n) is 4.28. The molecule has 0 radical (unpaired) electrons. The molecule has 7 heteroatoms. The van der Waals surface area contributed by atoms with Crippen LogP contribution in [0, 0.1) is 0 Å². The van der Waals surface area contributed by atoms with Gasteiger partial charge in [0.2, 0.25) is 5.91 Å². The van der Waals surface area contributed by atoms with Crippen LogP contribution < -0.4 is 0 Å². The summed E-state index contributed by atoms with van der Waals surface area (Å²) in [5.41, 5.74) is 0.307. The molecular weight excluding hydrogens is 278 g/mol. The lowest BCUT2D eigenvalue weighted by Gasteiger charge is -2.15. The lowest BCUT2D eigenvalue weighted by Crippen LogP contribution is -2.29. The number of aromatic amines is 1. The lowest BCUT2D eigenvalue weighted by atomic mass is 10.3. The maximum atomic E-state index is 11.8. The zero-order valence-corrected chi connectivity index (χ0v) is 13.0. The van der Waals surface area contributed by atoms with E-state index in [9.17, 15) is 9.59 Å². The molecule has 0 saturated heterocycles. The lowest BCUT2D eigenvalue weighted by molar-refractivity contribution is -0.127. The van der Waals surface area contributed by atoms with Gasteiger partial charge in [-0.05, 0) is 13.3 Å². The summed E-state index contributed by atoms with van der Waals surface area (Å²) in [6.45, 7) is 4.92. The Morgan fingerprint density at radius 2 is 2.20 bits per heavy atom. The van der Waals surface area contributed by atoms with E-state index in [4.69, 9.17) is 4.74 Å². The van der Waals surface area contributed by atoms with Crippen LogP contribution in [0.1, 0.15) is 37.2 Å². The molecule has 0 aliphatic carbocycles. The van der Waals surface area contributed by atoms with E-state index < -0.39 is 5.97 Å². The maximum absolute atomic E-state index is 11.8. The molecule has 1 rings (SSSR count). The fourth-order valence-electron chi connectivity index (χ4n) is 1.45. The smallest absolute Gasteiger partial charge is 0.356 e. The largest absolute Gasteiger partial charge is 0.461 e. The highest BCUT2D eigenvalue weighted by Gasteiger charge is 2.13. The molecule has 0 saturated carbocycles. The Kier molecular flexibility index (Phi) is 7.14. The summed E-state index contributed by atoms with van der Waals surface area (Å²) in [7, 11) is 1.80. The highest BCUT2D eigenvalue weighted by atomic mass is 32.2. The third-order valence-corrected chi connectivity index (χ3v) is 3.53. The van der Waals surface area contributed by atoms with Crippen molar-refractivity contribution >= 4 is 23.6 Å². The zero-order valence-electron chi connectivity index (χ0n) is 12.1. The molecule has 0 unspecified atom stereocenters. The van der Waals surface area contributed by atoms with Gasteiger partial charge in [-0.2, -0.15) is 0 Å². The van der Waals surface area contributed by atoms with Crippen molar-refractivity contribution in [1.29, 1.82) is 0 Å². The van der Waals surface area contributed by atoms with E-state index in [2.05, 4.69) is 16.9 Å². The van der Waals surface area contributed by atoms with E-state index in [0.717, 1.165) is 19.4 Å². The minimum Gasteiger partial charge on any atom is -0.461 e. The molecule has 6 nitrogen and oxygen atoms in total. The van der Waals surface area contributed by atoms with Gasteiger partial charge in [0, 0.05) is 13.6 Å². The van der Waals surface area contributed by atoms with Crippen LogP contribution in [-0.4, -0.2) is 52.7 Å². The van der Waals surface area contributed by atoms with E-state index >= 15 is 0 Å². The number of nitrogens with one attached hydrogen (secondary N) is 1. The summed E-state index contributed by atoms with van der Waals surface area (Å²) in [6, 6.07) is 0. The van der Waals surface area contributed by atoms with Gasteiger partial charge < -0.3 is 14.6 Å². The van der Waals surface area contributed by atoms with Crippen molar-refractivity contribution in [3.63, 3.8) is 0 Å².